The van der Waals surface area contributed by atoms with E-state index in [2.05, 4.69) is 10.2 Å². The summed E-state index contributed by atoms with van der Waals surface area (Å²) < 4.78 is 0. The number of nitrogens with one attached hydrogen (secondary N) is 1. The largest absolute Gasteiger partial charge is 0.481 e. The highest BCUT2D eigenvalue weighted by Gasteiger charge is 2.34. The van der Waals surface area contributed by atoms with Gasteiger partial charge in [-0.05, 0) is 32.1 Å². The van der Waals surface area contributed by atoms with Crippen molar-refractivity contribution < 1.29 is 14.7 Å². The van der Waals surface area contributed by atoms with Gasteiger partial charge in [0, 0.05) is 38.3 Å². The van der Waals surface area contributed by atoms with Gasteiger partial charge in [-0.25, -0.2) is 4.79 Å². The molecule has 3 fully saturated rings. The Hall–Kier alpha value is -1.30. The topological polar surface area (TPSA) is 72.9 Å². The number of carboxylic acids is 1. The van der Waals surface area contributed by atoms with Gasteiger partial charge < -0.3 is 15.3 Å². The summed E-state index contributed by atoms with van der Waals surface area (Å²) >= 11 is 0. The molecule has 2 saturated carbocycles. The maximum absolute atomic E-state index is 12.2. The van der Waals surface area contributed by atoms with Crippen LogP contribution in [0.5, 0.6) is 0 Å². The Morgan fingerprint density at radius 1 is 1.00 bits per heavy atom. The maximum Gasteiger partial charge on any atom is 0.317 e. The Balaban J connectivity index is 1.42. The molecule has 3 rings (SSSR count). The summed E-state index contributed by atoms with van der Waals surface area (Å²) in [5.41, 5.74) is 0. The molecule has 0 spiro atoms. The van der Waals surface area contributed by atoms with Gasteiger partial charge in [0.05, 0.1) is 5.92 Å². The smallest absolute Gasteiger partial charge is 0.317 e. The number of aliphatic carboxylic acids is 1. The number of hydrogen-bond acceptors (Lipinski definition) is 3. The van der Waals surface area contributed by atoms with Crippen LogP contribution in [0.25, 0.3) is 0 Å². The SMILES string of the molecule is O=C(O)C1CCC(NC(=O)N2CCN(C3CC3)CC2)C1. The molecule has 2 unspecified atom stereocenters. The Kier molecular flexibility index (Phi) is 3.83. The molecule has 1 saturated heterocycles. The monoisotopic (exact) mass is 281 g/mol. The lowest BCUT2D eigenvalue weighted by atomic mass is 10.1. The first-order valence-electron chi connectivity index (χ1n) is 7.66. The van der Waals surface area contributed by atoms with E-state index in [9.17, 15) is 9.59 Å². The number of rotatable bonds is 3. The molecule has 1 aliphatic heterocycles. The quantitative estimate of drug-likeness (QED) is 0.800. The predicted octanol–water partition coefficient (Wildman–Crippen LogP) is 0.729. The van der Waals surface area contributed by atoms with E-state index < -0.39 is 5.97 Å². The van der Waals surface area contributed by atoms with Crippen molar-refractivity contribution >= 4 is 12.0 Å². The fraction of sp³-hybridized carbons (Fsp3) is 0.857. The van der Waals surface area contributed by atoms with Crippen molar-refractivity contribution in [1.29, 1.82) is 0 Å². The van der Waals surface area contributed by atoms with Crippen LogP contribution in [0.3, 0.4) is 0 Å². The van der Waals surface area contributed by atoms with E-state index in [1.165, 1.54) is 12.8 Å². The van der Waals surface area contributed by atoms with E-state index in [1.54, 1.807) is 0 Å². The fourth-order valence-corrected chi connectivity index (χ4v) is 3.33. The number of piperazine rings is 1. The molecule has 20 heavy (non-hydrogen) atoms. The molecule has 2 amide bonds. The van der Waals surface area contributed by atoms with Gasteiger partial charge >= 0.3 is 12.0 Å². The van der Waals surface area contributed by atoms with Crippen LogP contribution in [-0.4, -0.2) is 65.2 Å². The van der Waals surface area contributed by atoms with Crippen LogP contribution in [0.4, 0.5) is 4.79 Å². The molecule has 112 valence electrons. The first-order chi connectivity index (χ1) is 9.63. The molecule has 1 heterocycles. The Labute approximate surface area is 119 Å². The highest BCUT2D eigenvalue weighted by molar-refractivity contribution is 5.75. The van der Waals surface area contributed by atoms with Crippen molar-refractivity contribution in [3.63, 3.8) is 0 Å². The molecule has 0 aromatic carbocycles. The zero-order chi connectivity index (χ0) is 14.1. The Morgan fingerprint density at radius 2 is 1.70 bits per heavy atom. The number of amides is 2. The number of carboxylic acid groups (broad SMARTS) is 1. The summed E-state index contributed by atoms with van der Waals surface area (Å²) in [7, 11) is 0. The molecule has 0 aromatic rings. The Bertz CT molecular complexity index is 389. The third-order valence-corrected chi connectivity index (χ3v) is 4.77. The molecular weight excluding hydrogens is 258 g/mol. The second kappa shape index (κ2) is 5.60. The number of urea groups is 1. The molecule has 3 aliphatic rings. The lowest BCUT2D eigenvalue weighted by Crippen LogP contribution is -2.53. The highest BCUT2D eigenvalue weighted by atomic mass is 16.4. The van der Waals surface area contributed by atoms with Crippen LogP contribution in [-0.2, 0) is 4.79 Å². The summed E-state index contributed by atoms with van der Waals surface area (Å²) in [6.45, 7) is 3.52. The van der Waals surface area contributed by atoms with Crippen LogP contribution in [0, 0.1) is 5.92 Å². The van der Waals surface area contributed by atoms with E-state index in [4.69, 9.17) is 5.11 Å². The van der Waals surface area contributed by atoms with Gasteiger partial charge in [-0.3, -0.25) is 9.69 Å². The molecule has 0 aromatic heterocycles. The normalized spacial score (nSPS) is 31.3. The minimum absolute atomic E-state index is 0.0171. The molecule has 2 atom stereocenters. The van der Waals surface area contributed by atoms with Gasteiger partial charge in [-0.15, -0.1) is 0 Å². The lowest BCUT2D eigenvalue weighted by Gasteiger charge is -2.35. The first kappa shape index (κ1) is 13.7. The highest BCUT2D eigenvalue weighted by Crippen LogP contribution is 2.28. The average molecular weight is 281 g/mol. The van der Waals surface area contributed by atoms with Crippen molar-refractivity contribution in [3.8, 4) is 0 Å². The van der Waals surface area contributed by atoms with Crippen LogP contribution >= 0.6 is 0 Å². The third-order valence-electron chi connectivity index (χ3n) is 4.77. The molecule has 6 heteroatoms. The summed E-state index contributed by atoms with van der Waals surface area (Å²) in [6, 6.07) is 0.785. The lowest BCUT2D eigenvalue weighted by molar-refractivity contribution is -0.141. The second-order valence-electron chi connectivity index (χ2n) is 6.25. The number of hydrogen-bond donors (Lipinski definition) is 2. The first-order valence-corrected chi connectivity index (χ1v) is 7.66. The van der Waals surface area contributed by atoms with Gasteiger partial charge in [0.2, 0.25) is 0 Å². The van der Waals surface area contributed by atoms with E-state index in [1.807, 2.05) is 4.90 Å². The summed E-state index contributed by atoms with van der Waals surface area (Å²) in [6.07, 6.45) is 4.65. The second-order valence-corrected chi connectivity index (χ2v) is 6.25. The zero-order valence-electron chi connectivity index (χ0n) is 11.8. The average Bonchev–Trinajstić information content (AvgIpc) is 3.19. The van der Waals surface area contributed by atoms with Gasteiger partial charge in [0.1, 0.15) is 0 Å². The van der Waals surface area contributed by atoms with E-state index in [0.717, 1.165) is 38.6 Å². The van der Waals surface area contributed by atoms with Gasteiger partial charge in [0.25, 0.3) is 0 Å². The number of carbonyl (C=O) groups is 2. The number of nitrogens with zero attached hydrogens (tertiary/aromatic N) is 2. The van der Waals surface area contributed by atoms with Crippen molar-refractivity contribution in [2.75, 3.05) is 26.2 Å². The van der Waals surface area contributed by atoms with Gasteiger partial charge in [-0.2, -0.15) is 0 Å². The third kappa shape index (κ3) is 3.06. The minimum atomic E-state index is -0.736. The summed E-state index contributed by atoms with van der Waals surface area (Å²) in [5, 5.41) is 12.0. The van der Waals surface area contributed by atoms with Crippen molar-refractivity contribution in [1.82, 2.24) is 15.1 Å². The van der Waals surface area contributed by atoms with Crippen molar-refractivity contribution in [2.24, 2.45) is 5.92 Å². The minimum Gasteiger partial charge on any atom is -0.481 e. The van der Waals surface area contributed by atoms with E-state index in [0.29, 0.717) is 12.8 Å². The van der Waals surface area contributed by atoms with Crippen molar-refractivity contribution in [3.05, 3.63) is 0 Å². The predicted molar refractivity (Wildman–Crippen MR) is 73.5 cm³/mol. The molecule has 2 N–H and O–H groups in total. The molecule has 6 nitrogen and oxygen atoms in total. The van der Waals surface area contributed by atoms with Crippen LogP contribution in [0.1, 0.15) is 32.1 Å². The summed E-state index contributed by atoms with van der Waals surface area (Å²) in [4.78, 5) is 27.4. The van der Waals surface area contributed by atoms with E-state index >= 15 is 0 Å². The van der Waals surface area contributed by atoms with Crippen LogP contribution in [0.2, 0.25) is 0 Å². The standard InChI is InChI=1S/C14H23N3O3/c18-13(19)10-1-2-11(9-10)15-14(20)17-7-5-16(6-8-17)12-3-4-12/h10-12H,1-9H2,(H,15,20)(H,18,19). The molecule has 2 aliphatic carbocycles. The van der Waals surface area contributed by atoms with Gasteiger partial charge in [-0.1, -0.05) is 0 Å². The Morgan fingerprint density at radius 3 is 2.25 bits per heavy atom. The molecule has 0 bridgehead atoms. The maximum atomic E-state index is 12.2. The zero-order valence-corrected chi connectivity index (χ0v) is 11.8. The van der Waals surface area contributed by atoms with Crippen LogP contribution < -0.4 is 5.32 Å². The fourth-order valence-electron chi connectivity index (χ4n) is 3.33. The van der Waals surface area contributed by atoms with Crippen molar-refractivity contribution in [2.45, 2.75) is 44.2 Å². The summed E-state index contributed by atoms with van der Waals surface area (Å²) in [5.74, 6) is -1.02. The van der Waals surface area contributed by atoms with E-state index in [-0.39, 0.29) is 18.0 Å². The number of carbonyl (C=O) groups excluding carboxylic acids is 1. The van der Waals surface area contributed by atoms with Crippen LogP contribution in [0.15, 0.2) is 0 Å². The molecule has 0 radical (unpaired) electrons. The molecular formula is C14H23N3O3. The van der Waals surface area contributed by atoms with Gasteiger partial charge in [0.15, 0.2) is 0 Å².